The molecule has 0 saturated heterocycles. The predicted octanol–water partition coefficient (Wildman–Crippen LogP) is 1.39. The maximum absolute atomic E-state index is 13.3. The molecule has 7 heteroatoms. The van der Waals surface area contributed by atoms with E-state index in [2.05, 4.69) is 5.32 Å². The Hall–Kier alpha value is -1.47. The van der Waals surface area contributed by atoms with E-state index < -0.39 is 26.6 Å². The van der Waals surface area contributed by atoms with Gasteiger partial charge in [-0.2, -0.15) is 0 Å². The Bertz CT molecular complexity index is 568. The van der Waals surface area contributed by atoms with Crippen LogP contribution in [-0.4, -0.2) is 20.4 Å². The Morgan fingerprint density at radius 3 is 2.42 bits per heavy atom. The number of rotatable bonds is 5. The van der Waals surface area contributed by atoms with E-state index in [1.807, 2.05) is 13.8 Å². The van der Waals surface area contributed by atoms with Gasteiger partial charge in [0.2, 0.25) is 10.0 Å². The summed E-state index contributed by atoms with van der Waals surface area (Å²) in [5.41, 5.74) is 0.0670. The highest BCUT2D eigenvalue weighted by Gasteiger charge is 2.18. The molecule has 0 radical (unpaired) electrons. The van der Waals surface area contributed by atoms with Crippen LogP contribution in [0.5, 0.6) is 0 Å². The first-order chi connectivity index (χ1) is 8.79. The molecule has 0 aliphatic heterocycles. The van der Waals surface area contributed by atoms with Gasteiger partial charge in [-0.15, -0.1) is 0 Å². The maximum atomic E-state index is 13.3. The minimum atomic E-state index is -4.18. The summed E-state index contributed by atoms with van der Waals surface area (Å²) < 4.78 is 35.7. The normalized spacial score (nSPS) is 11.6. The number of hydrogen-bond donors (Lipinski definition) is 2. The molecule has 1 aromatic rings. The molecule has 0 unspecified atom stereocenters. The molecule has 0 bridgehead atoms. The van der Waals surface area contributed by atoms with Crippen LogP contribution in [0.4, 0.5) is 4.39 Å². The minimum Gasteiger partial charge on any atom is -0.349 e. The third-order valence-corrected chi connectivity index (χ3v) is 3.75. The minimum absolute atomic E-state index is 0.00418. The Morgan fingerprint density at radius 1 is 1.37 bits per heavy atom. The Kier molecular flexibility index (Phi) is 5.02. The van der Waals surface area contributed by atoms with Crippen LogP contribution in [0.15, 0.2) is 23.1 Å². The van der Waals surface area contributed by atoms with E-state index in [9.17, 15) is 17.6 Å². The van der Waals surface area contributed by atoms with Gasteiger partial charge in [0.1, 0.15) is 10.7 Å². The van der Waals surface area contributed by atoms with Crippen molar-refractivity contribution in [3.63, 3.8) is 0 Å². The fourth-order valence-corrected chi connectivity index (χ4v) is 2.26. The van der Waals surface area contributed by atoms with E-state index in [0.717, 1.165) is 25.0 Å². The summed E-state index contributed by atoms with van der Waals surface area (Å²) in [4.78, 5) is 11.2. The monoisotopic (exact) mass is 288 g/mol. The summed E-state index contributed by atoms with van der Waals surface area (Å²) in [6.45, 7) is 3.85. The molecule has 0 spiro atoms. The average Bonchev–Trinajstić information content (AvgIpc) is 2.34. The first kappa shape index (κ1) is 15.6. The van der Waals surface area contributed by atoms with Crippen LogP contribution in [0, 0.1) is 5.82 Å². The number of nitrogens with two attached hydrogens (primary N) is 1. The number of amides is 1. The Balaban J connectivity index is 3.06. The van der Waals surface area contributed by atoms with Crippen molar-refractivity contribution in [1.29, 1.82) is 0 Å². The fourth-order valence-electron chi connectivity index (χ4n) is 1.62. The van der Waals surface area contributed by atoms with E-state index in [1.54, 1.807) is 0 Å². The highest BCUT2D eigenvalue weighted by Crippen LogP contribution is 2.15. The van der Waals surface area contributed by atoms with E-state index in [1.165, 1.54) is 6.07 Å². The number of benzene rings is 1. The van der Waals surface area contributed by atoms with Crippen LogP contribution in [0.3, 0.4) is 0 Å². The van der Waals surface area contributed by atoms with Crippen molar-refractivity contribution in [2.45, 2.75) is 37.6 Å². The summed E-state index contributed by atoms with van der Waals surface area (Å²) in [5.74, 6) is -1.42. The average molecular weight is 288 g/mol. The second-order valence-electron chi connectivity index (χ2n) is 4.18. The second kappa shape index (κ2) is 6.12. The third kappa shape index (κ3) is 4.00. The van der Waals surface area contributed by atoms with E-state index >= 15 is 0 Å². The van der Waals surface area contributed by atoms with E-state index in [4.69, 9.17) is 5.14 Å². The second-order valence-corrected chi connectivity index (χ2v) is 5.71. The van der Waals surface area contributed by atoms with Crippen molar-refractivity contribution < 1.29 is 17.6 Å². The summed E-state index contributed by atoms with van der Waals surface area (Å²) >= 11 is 0. The quantitative estimate of drug-likeness (QED) is 0.858. The number of sulfonamides is 1. The van der Waals surface area contributed by atoms with Crippen molar-refractivity contribution in [3.8, 4) is 0 Å². The lowest BCUT2D eigenvalue weighted by Gasteiger charge is -2.15. The van der Waals surface area contributed by atoms with Crippen LogP contribution in [-0.2, 0) is 10.0 Å². The molecule has 1 aromatic carbocycles. The molecule has 19 heavy (non-hydrogen) atoms. The molecule has 0 atom stereocenters. The molecule has 0 aliphatic rings. The molecule has 0 fully saturated rings. The summed E-state index contributed by atoms with van der Waals surface area (Å²) in [5, 5.41) is 7.61. The topological polar surface area (TPSA) is 89.3 Å². The molecular formula is C12H17FN2O3S. The fraction of sp³-hybridized carbons (Fsp3) is 0.417. The molecule has 0 saturated carbocycles. The zero-order chi connectivity index (χ0) is 14.6. The lowest BCUT2D eigenvalue weighted by atomic mass is 10.1. The van der Waals surface area contributed by atoms with Crippen molar-refractivity contribution in [1.82, 2.24) is 5.32 Å². The summed E-state index contributed by atoms with van der Waals surface area (Å²) in [7, 11) is -4.18. The van der Waals surface area contributed by atoms with Gasteiger partial charge >= 0.3 is 0 Å². The smallest absolute Gasteiger partial charge is 0.251 e. The van der Waals surface area contributed by atoms with Gasteiger partial charge in [-0.1, -0.05) is 13.8 Å². The molecule has 0 aliphatic carbocycles. The number of halogens is 1. The van der Waals surface area contributed by atoms with Crippen LogP contribution < -0.4 is 10.5 Å². The van der Waals surface area contributed by atoms with E-state index in [-0.39, 0.29) is 11.6 Å². The third-order valence-electron chi connectivity index (χ3n) is 2.82. The molecule has 0 aromatic heterocycles. The lowest BCUT2D eigenvalue weighted by molar-refractivity contribution is 0.0934. The van der Waals surface area contributed by atoms with Gasteiger partial charge in [0, 0.05) is 11.6 Å². The van der Waals surface area contributed by atoms with Crippen molar-refractivity contribution >= 4 is 15.9 Å². The molecule has 1 rings (SSSR count). The molecule has 5 nitrogen and oxygen atoms in total. The highest BCUT2D eigenvalue weighted by molar-refractivity contribution is 7.89. The number of carbonyl (C=O) groups excluding carboxylic acids is 1. The zero-order valence-electron chi connectivity index (χ0n) is 10.8. The van der Waals surface area contributed by atoms with Gasteiger partial charge < -0.3 is 5.32 Å². The Morgan fingerprint density at radius 2 is 1.95 bits per heavy atom. The number of nitrogens with one attached hydrogen (secondary N) is 1. The largest absolute Gasteiger partial charge is 0.349 e. The highest BCUT2D eigenvalue weighted by atomic mass is 32.2. The van der Waals surface area contributed by atoms with Crippen LogP contribution in [0.2, 0.25) is 0 Å². The molecular weight excluding hydrogens is 271 g/mol. The van der Waals surface area contributed by atoms with Gasteiger partial charge in [-0.3, -0.25) is 4.79 Å². The van der Waals surface area contributed by atoms with Gasteiger partial charge in [-0.25, -0.2) is 17.9 Å². The first-order valence-electron chi connectivity index (χ1n) is 5.92. The SMILES string of the molecule is CCC(CC)NC(=O)c1ccc(F)c(S(N)(=O)=O)c1. The Labute approximate surface area is 112 Å². The molecule has 0 heterocycles. The number of carbonyl (C=O) groups is 1. The summed E-state index contributed by atoms with van der Waals surface area (Å²) in [6, 6.07) is 3.08. The first-order valence-corrected chi connectivity index (χ1v) is 7.47. The van der Waals surface area contributed by atoms with Crippen molar-refractivity contribution in [2.24, 2.45) is 5.14 Å². The lowest BCUT2D eigenvalue weighted by Crippen LogP contribution is -2.34. The van der Waals surface area contributed by atoms with Crippen molar-refractivity contribution in [2.75, 3.05) is 0 Å². The molecule has 1 amide bonds. The van der Waals surface area contributed by atoms with Gasteiger partial charge in [0.05, 0.1) is 0 Å². The van der Waals surface area contributed by atoms with Crippen LogP contribution >= 0.6 is 0 Å². The standard InChI is InChI=1S/C12H17FN2O3S/c1-3-9(4-2)15-12(16)8-5-6-10(13)11(7-8)19(14,17)18/h5-7,9H,3-4H2,1-2H3,(H,15,16)(H2,14,17,18). The number of primary sulfonamides is 1. The summed E-state index contributed by atoms with van der Waals surface area (Å²) in [6.07, 6.45) is 1.51. The molecule has 106 valence electrons. The van der Waals surface area contributed by atoms with Gasteiger partial charge in [0.15, 0.2) is 0 Å². The van der Waals surface area contributed by atoms with Crippen LogP contribution in [0.1, 0.15) is 37.0 Å². The van der Waals surface area contributed by atoms with Crippen molar-refractivity contribution in [3.05, 3.63) is 29.6 Å². The van der Waals surface area contributed by atoms with Gasteiger partial charge in [0.25, 0.3) is 5.91 Å². The van der Waals surface area contributed by atoms with Crippen LogP contribution in [0.25, 0.3) is 0 Å². The predicted molar refractivity (Wildman–Crippen MR) is 69.6 cm³/mol. The van der Waals surface area contributed by atoms with E-state index in [0.29, 0.717) is 0 Å². The maximum Gasteiger partial charge on any atom is 0.251 e. The molecule has 3 N–H and O–H groups in total. The number of hydrogen-bond acceptors (Lipinski definition) is 3. The zero-order valence-corrected chi connectivity index (χ0v) is 11.6. The van der Waals surface area contributed by atoms with Gasteiger partial charge in [-0.05, 0) is 31.0 Å².